The fraction of sp³-hybridized carbons (Fsp3) is 0.409. The van der Waals surface area contributed by atoms with Crippen LogP contribution in [0.25, 0.3) is 23.0 Å². The first-order chi connectivity index (χ1) is 14.7. The van der Waals surface area contributed by atoms with E-state index in [0.717, 1.165) is 24.1 Å². The standard InChI is InChI=1S/C22H24N4O4/c1-25(16-6-3-2-4-7-16)20(27)13-26-11-5-8-17(26)22-23-21(24-30-22)15-9-10-18-19(12-15)29-14-28-18/h5,8-12,16H,2-4,6-7,13-14H2,1H3. The van der Waals surface area contributed by atoms with Gasteiger partial charge in [0.15, 0.2) is 11.5 Å². The monoisotopic (exact) mass is 408 g/mol. The maximum absolute atomic E-state index is 12.8. The molecule has 0 spiro atoms. The summed E-state index contributed by atoms with van der Waals surface area (Å²) in [5.74, 6) is 2.30. The Bertz CT molecular complexity index is 1050. The molecule has 2 aromatic heterocycles. The molecule has 1 saturated carbocycles. The summed E-state index contributed by atoms with van der Waals surface area (Å²) >= 11 is 0. The van der Waals surface area contributed by atoms with Crippen molar-refractivity contribution >= 4 is 5.91 Å². The van der Waals surface area contributed by atoms with Gasteiger partial charge in [0, 0.05) is 24.8 Å². The van der Waals surface area contributed by atoms with Crippen molar-refractivity contribution in [1.29, 1.82) is 0 Å². The molecule has 1 amide bonds. The summed E-state index contributed by atoms with van der Waals surface area (Å²) in [6.07, 6.45) is 7.70. The van der Waals surface area contributed by atoms with Crippen LogP contribution in [-0.4, -0.2) is 45.4 Å². The summed E-state index contributed by atoms with van der Waals surface area (Å²) in [4.78, 5) is 19.3. The summed E-state index contributed by atoms with van der Waals surface area (Å²) in [5.41, 5.74) is 1.50. The quantitative estimate of drug-likeness (QED) is 0.640. The van der Waals surface area contributed by atoms with E-state index in [-0.39, 0.29) is 19.2 Å². The highest BCUT2D eigenvalue weighted by Crippen LogP contribution is 2.35. The van der Waals surface area contributed by atoms with Gasteiger partial charge in [-0.1, -0.05) is 24.4 Å². The summed E-state index contributed by atoms with van der Waals surface area (Å²) < 4.78 is 18.1. The van der Waals surface area contributed by atoms with E-state index >= 15 is 0 Å². The second kappa shape index (κ2) is 7.85. The third kappa shape index (κ3) is 3.53. The molecule has 156 valence electrons. The van der Waals surface area contributed by atoms with Crippen LogP contribution in [0.5, 0.6) is 11.5 Å². The summed E-state index contributed by atoms with van der Waals surface area (Å²) in [7, 11) is 1.91. The number of aromatic nitrogens is 3. The molecule has 0 bridgehead atoms. The zero-order valence-electron chi connectivity index (χ0n) is 16.9. The molecule has 1 aromatic carbocycles. The molecule has 0 N–H and O–H groups in total. The molecule has 2 aliphatic rings. The van der Waals surface area contributed by atoms with E-state index in [1.54, 1.807) is 0 Å². The number of hydrogen-bond acceptors (Lipinski definition) is 6. The number of likely N-dealkylation sites (N-methyl/N-ethyl adjacent to an activating group) is 1. The fourth-order valence-corrected chi connectivity index (χ4v) is 4.16. The van der Waals surface area contributed by atoms with Gasteiger partial charge in [-0.2, -0.15) is 4.98 Å². The van der Waals surface area contributed by atoms with Crippen LogP contribution in [-0.2, 0) is 11.3 Å². The molecule has 8 heteroatoms. The maximum Gasteiger partial charge on any atom is 0.274 e. The first kappa shape index (κ1) is 18.7. The van der Waals surface area contributed by atoms with Crippen molar-refractivity contribution in [3.05, 3.63) is 36.5 Å². The number of rotatable bonds is 5. The van der Waals surface area contributed by atoms with Crippen molar-refractivity contribution in [2.45, 2.75) is 44.7 Å². The van der Waals surface area contributed by atoms with E-state index < -0.39 is 0 Å². The second-order valence-electron chi connectivity index (χ2n) is 7.81. The number of carbonyl (C=O) groups excluding carboxylic acids is 1. The summed E-state index contributed by atoms with van der Waals surface area (Å²) in [5, 5.41) is 4.11. The number of amides is 1. The first-order valence-electron chi connectivity index (χ1n) is 10.3. The average Bonchev–Trinajstić information content (AvgIpc) is 3.53. The van der Waals surface area contributed by atoms with Gasteiger partial charge in [0.05, 0.1) is 0 Å². The van der Waals surface area contributed by atoms with Crippen LogP contribution in [0.2, 0.25) is 0 Å². The molecule has 5 rings (SSSR count). The van der Waals surface area contributed by atoms with Gasteiger partial charge in [-0.25, -0.2) is 0 Å². The minimum absolute atomic E-state index is 0.0925. The van der Waals surface area contributed by atoms with Gasteiger partial charge < -0.3 is 23.5 Å². The molecule has 0 saturated heterocycles. The number of hydrogen-bond donors (Lipinski definition) is 0. The highest BCUT2D eigenvalue weighted by atomic mass is 16.7. The van der Waals surface area contributed by atoms with Crippen molar-refractivity contribution in [3.63, 3.8) is 0 Å². The van der Waals surface area contributed by atoms with Crippen LogP contribution < -0.4 is 9.47 Å². The first-order valence-corrected chi connectivity index (χ1v) is 10.3. The molecule has 30 heavy (non-hydrogen) atoms. The molecule has 0 radical (unpaired) electrons. The highest BCUT2D eigenvalue weighted by molar-refractivity contribution is 5.77. The van der Waals surface area contributed by atoms with Gasteiger partial charge in [0.25, 0.3) is 5.89 Å². The molecule has 1 aliphatic heterocycles. The molecule has 1 aliphatic carbocycles. The third-order valence-electron chi connectivity index (χ3n) is 5.93. The number of benzene rings is 1. The Labute approximate surface area is 174 Å². The Morgan fingerprint density at radius 1 is 1.17 bits per heavy atom. The molecular weight excluding hydrogens is 384 g/mol. The van der Waals surface area contributed by atoms with Crippen molar-refractivity contribution in [2.75, 3.05) is 13.8 Å². The van der Waals surface area contributed by atoms with Crippen molar-refractivity contribution < 1.29 is 18.8 Å². The van der Waals surface area contributed by atoms with E-state index in [9.17, 15) is 4.79 Å². The normalized spacial score (nSPS) is 16.0. The molecular formula is C22H24N4O4. The van der Waals surface area contributed by atoms with Crippen molar-refractivity contribution in [1.82, 2.24) is 19.6 Å². The minimum atomic E-state index is 0.0925. The van der Waals surface area contributed by atoms with Gasteiger partial charge in [0.2, 0.25) is 18.5 Å². The Balaban J connectivity index is 1.33. The Morgan fingerprint density at radius 3 is 2.87 bits per heavy atom. The Morgan fingerprint density at radius 2 is 2.00 bits per heavy atom. The van der Waals surface area contributed by atoms with E-state index in [1.807, 2.05) is 53.0 Å². The predicted octanol–water partition coefficient (Wildman–Crippen LogP) is 3.72. The Kier molecular flexibility index (Phi) is 4.90. The second-order valence-corrected chi connectivity index (χ2v) is 7.81. The predicted molar refractivity (Wildman–Crippen MR) is 109 cm³/mol. The van der Waals surface area contributed by atoms with Gasteiger partial charge in [-0.15, -0.1) is 0 Å². The highest BCUT2D eigenvalue weighted by Gasteiger charge is 2.23. The lowest BCUT2D eigenvalue weighted by Crippen LogP contribution is -2.40. The van der Waals surface area contributed by atoms with Crippen LogP contribution in [0.15, 0.2) is 41.1 Å². The van der Waals surface area contributed by atoms with Crippen LogP contribution in [0.1, 0.15) is 32.1 Å². The maximum atomic E-state index is 12.8. The van der Waals surface area contributed by atoms with Crippen molar-refractivity contribution in [3.8, 4) is 34.5 Å². The smallest absolute Gasteiger partial charge is 0.274 e. The molecule has 0 unspecified atom stereocenters. The van der Waals surface area contributed by atoms with Crippen LogP contribution in [0.4, 0.5) is 0 Å². The molecule has 3 aromatic rings. The molecule has 1 fully saturated rings. The topological polar surface area (TPSA) is 82.6 Å². The zero-order valence-corrected chi connectivity index (χ0v) is 16.9. The number of carbonyl (C=O) groups is 1. The SMILES string of the molecule is CN(C(=O)Cn1cccc1-c1nc(-c2ccc3c(c2)OCO3)no1)C1CCCCC1. The van der Waals surface area contributed by atoms with Gasteiger partial charge >= 0.3 is 0 Å². The number of fused-ring (bicyclic) bond motifs is 1. The van der Waals surface area contributed by atoms with Gasteiger partial charge in [0.1, 0.15) is 12.2 Å². The lowest BCUT2D eigenvalue weighted by atomic mass is 9.94. The lowest BCUT2D eigenvalue weighted by Gasteiger charge is -2.31. The Hall–Kier alpha value is -3.29. The lowest BCUT2D eigenvalue weighted by molar-refractivity contribution is -0.133. The number of ether oxygens (including phenoxy) is 2. The van der Waals surface area contributed by atoms with E-state index in [2.05, 4.69) is 10.1 Å². The molecule has 3 heterocycles. The van der Waals surface area contributed by atoms with Crippen LogP contribution in [0, 0.1) is 0 Å². The third-order valence-corrected chi connectivity index (χ3v) is 5.93. The van der Waals surface area contributed by atoms with E-state index in [4.69, 9.17) is 14.0 Å². The van der Waals surface area contributed by atoms with Crippen LogP contribution in [0.3, 0.4) is 0 Å². The molecule has 0 atom stereocenters. The largest absolute Gasteiger partial charge is 0.454 e. The van der Waals surface area contributed by atoms with E-state index in [0.29, 0.717) is 29.3 Å². The number of nitrogens with zero attached hydrogens (tertiary/aromatic N) is 4. The molecule has 8 nitrogen and oxygen atoms in total. The van der Waals surface area contributed by atoms with Crippen molar-refractivity contribution in [2.24, 2.45) is 0 Å². The van der Waals surface area contributed by atoms with Gasteiger partial charge in [-0.3, -0.25) is 4.79 Å². The minimum Gasteiger partial charge on any atom is -0.454 e. The average molecular weight is 408 g/mol. The zero-order chi connectivity index (χ0) is 20.5. The van der Waals surface area contributed by atoms with E-state index in [1.165, 1.54) is 19.3 Å². The fourth-order valence-electron chi connectivity index (χ4n) is 4.16. The summed E-state index contributed by atoms with van der Waals surface area (Å²) in [6, 6.07) is 9.63. The van der Waals surface area contributed by atoms with Crippen LogP contribution >= 0.6 is 0 Å². The van der Waals surface area contributed by atoms with Gasteiger partial charge in [-0.05, 0) is 43.2 Å². The summed E-state index contributed by atoms with van der Waals surface area (Å²) in [6.45, 7) is 0.462.